The van der Waals surface area contributed by atoms with Crippen molar-refractivity contribution in [3.05, 3.63) is 80.4 Å². The van der Waals surface area contributed by atoms with Gasteiger partial charge in [0.25, 0.3) is 0 Å². The van der Waals surface area contributed by atoms with Crippen LogP contribution in [0.5, 0.6) is 0 Å². The molecule has 0 radical (unpaired) electrons. The van der Waals surface area contributed by atoms with E-state index in [0.717, 1.165) is 9.13 Å². The van der Waals surface area contributed by atoms with Crippen LogP contribution in [0.3, 0.4) is 0 Å². The number of fused-ring (bicyclic) bond motifs is 1. The Morgan fingerprint density at radius 1 is 1.00 bits per heavy atom. The third-order valence-corrected chi connectivity index (χ3v) is 4.13. The second-order valence-corrected chi connectivity index (χ2v) is 6.07. The zero-order valence-electron chi connectivity index (χ0n) is 11.4. The molecule has 0 amide bonds. The van der Waals surface area contributed by atoms with E-state index < -0.39 is 17.3 Å². The molecule has 0 aromatic heterocycles. The molecule has 22 heavy (non-hydrogen) atoms. The van der Waals surface area contributed by atoms with Gasteiger partial charge in [0, 0.05) is 9.13 Å². The summed E-state index contributed by atoms with van der Waals surface area (Å²) in [5.74, 6) is -1.53. The third kappa shape index (κ3) is 2.62. The minimum Gasteiger partial charge on any atom is -0.871 e. The average molecular weight is 401 g/mol. The number of halogens is 1. The fourth-order valence-corrected chi connectivity index (χ4v) is 2.66. The number of allylic oxidation sites excluding steroid dienone is 2. The zero-order chi connectivity index (χ0) is 15.7. The average Bonchev–Trinajstić information content (AvgIpc) is 2.79. The monoisotopic (exact) mass is 401 g/mol. The van der Waals surface area contributed by atoms with Crippen LogP contribution in [0.2, 0.25) is 0 Å². The highest BCUT2D eigenvalue weighted by atomic mass is 127. The highest BCUT2D eigenvalue weighted by Gasteiger charge is 2.27. The lowest BCUT2D eigenvalue weighted by atomic mass is 10.1. The van der Waals surface area contributed by atoms with E-state index in [2.05, 4.69) is 22.6 Å². The van der Waals surface area contributed by atoms with E-state index in [0.29, 0.717) is 11.1 Å². The summed E-state index contributed by atoms with van der Waals surface area (Å²) in [5, 5.41) is 12.2. The molecule has 0 bridgehead atoms. The molecule has 3 nitrogen and oxygen atoms in total. The van der Waals surface area contributed by atoms with E-state index in [1.165, 1.54) is 6.08 Å². The Labute approximate surface area is 141 Å². The number of Topliss-reactive ketones (excluding diaryl/α,β-unsaturated/α-hetero) is 1. The number of ketones is 2. The first-order valence-electron chi connectivity index (χ1n) is 6.61. The lowest BCUT2D eigenvalue weighted by Crippen LogP contribution is -2.11. The SMILES string of the molecule is O=C(/C=C/c1ccc(I)cc1)C1=C([O-])c2ccccc2C1=O. The van der Waals surface area contributed by atoms with Gasteiger partial charge >= 0.3 is 0 Å². The maximum Gasteiger partial charge on any atom is 0.196 e. The molecule has 108 valence electrons. The van der Waals surface area contributed by atoms with Crippen LogP contribution in [0.1, 0.15) is 21.5 Å². The molecule has 0 fully saturated rings. The molecule has 0 heterocycles. The Bertz CT molecular complexity index is 830. The van der Waals surface area contributed by atoms with Gasteiger partial charge < -0.3 is 5.11 Å². The first-order valence-corrected chi connectivity index (χ1v) is 7.69. The molecule has 0 atom stereocenters. The number of hydrogen-bond donors (Lipinski definition) is 0. The van der Waals surface area contributed by atoms with Crippen LogP contribution in [-0.2, 0) is 4.79 Å². The van der Waals surface area contributed by atoms with E-state index in [4.69, 9.17) is 0 Å². The number of carbonyl (C=O) groups is 2. The molecule has 1 aliphatic carbocycles. The molecule has 0 unspecified atom stereocenters. The van der Waals surface area contributed by atoms with Gasteiger partial charge in [0.2, 0.25) is 0 Å². The Morgan fingerprint density at radius 3 is 2.27 bits per heavy atom. The summed E-state index contributed by atoms with van der Waals surface area (Å²) in [4.78, 5) is 24.4. The van der Waals surface area contributed by atoms with Crippen molar-refractivity contribution in [2.45, 2.75) is 0 Å². The molecule has 0 N–H and O–H groups in total. The maximum atomic E-state index is 12.2. The summed E-state index contributed by atoms with van der Waals surface area (Å²) in [7, 11) is 0. The first-order chi connectivity index (χ1) is 10.6. The molecule has 0 saturated heterocycles. The van der Waals surface area contributed by atoms with Crippen LogP contribution >= 0.6 is 22.6 Å². The van der Waals surface area contributed by atoms with Crippen molar-refractivity contribution in [1.82, 2.24) is 0 Å². The lowest BCUT2D eigenvalue weighted by Gasteiger charge is -2.09. The number of rotatable bonds is 3. The normalized spacial score (nSPS) is 13.8. The number of hydrogen-bond acceptors (Lipinski definition) is 3. The highest BCUT2D eigenvalue weighted by molar-refractivity contribution is 14.1. The maximum absolute atomic E-state index is 12.2. The Kier molecular flexibility index (Phi) is 3.94. The number of benzene rings is 2. The molecule has 0 saturated carbocycles. The van der Waals surface area contributed by atoms with Gasteiger partial charge in [-0.3, -0.25) is 9.59 Å². The van der Waals surface area contributed by atoms with E-state index in [1.54, 1.807) is 30.3 Å². The van der Waals surface area contributed by atoms with Crippen molar-refractivity contribution in [2.24, 2.45) is 0 Å². The Morgan fingerprint density at radius 2 is 1.64 bits per heavy atom. The first kappa shape index (κ1) is 14.7. The second-order valence-electron chi connectivity index (χ2n) is 4.83. The van der Waals surface area contributed by atoms with Gasteiger partial charge in [-0.1, -0.05) is 48.2 Å². The second kappa shape index (κ2) is 5.88. The van der Waals surface area contributed by atoms with Crippen molar-refractivity contribution < 1.29 is 14.7 Å². The van der Waals surface area contributed by atoms with Crippen molar-refractivity contribution in [3.63, 3.8) is 0 Å². The molecule has 0 spiro atoms. The fraction of sp³-hybridized carbons (Fsp3) is 0. The smallest absolute Gasteiger partial charge is 0.196 e. The van der Waals surface area contributed by atoms with Gasteiger partial charge in [-0.05, 0) is 51.9 Å². The standard InChI is InChI=1S/C18H11IO3/c19-12-8-5-11(6-9-12)7-10-15(20)16-17(21)13-3-1-2-4-14(13)18(16)22/h1-10,21H/p-1/b10-7+. The largest absolute Gasteiger partial charge is 0.871 e. The summed E-state index contributed by atoms with van der Waals surface area (Å²) in [6.45, 7) is 0. The summed E-state index contributed by atoms with van der Waals surface area (Å²) in [6.07, 6.45) is 2.88. The fourth-order valence-electron chi connectivity index (χ4n) is 2.30. The van der Waals surface area contributed by atoms with E-state index >= 15 is 0 Å². The van der Waals surface area contributed by atoms with Crippen molar-refractivity contribution in [2.75, 3.05) is 0 Å². The third-order valence-electron chi connectivity index (χ3n) is 3.41. The molecule has 3 rings (SSSR count). The van der Waals surface area contributed by atoms with E-state index in [1.807, 2.05) is 24.3 Å². The molecule has 1 aliphatic rings. The molecular formula is C18H10IO3-. The van der Waals surface area contributed by atoms with E-state index in [-0.39, 0.29) is 5.57 Å². The van der Waals surface area contributed by atoms with Gasteiger partial charge in [0.1, 0.15) is 0 Å². The highest BCUT2D eigenvalue weighted by Crippen LogP contribution is 2.29. The molecule has 2 aromatic carbocycles. The molecule has 0 aliphatic heterocycles. The van der Waals surface area contributed by atoms with Gasteiger partial charge in [-0.15, -0.1) is 0 Å². The quantitative estimate of drug-likeness (QED) is 0.452. The van der Waals surface area contributed by atoms with Crippen LogP contribution in [0.15, 0.2) is 60.2 Å². The van der Waals surface area contributed by atoms with Gasteiger partial charge in [-0.25, -0.2) is 0 Å². The van der Waals surface area contributed by atoms with Crippen LogP contribution in [-0.4, -0.2) is 11.6 Å². The van der Waals surface area contributed by atoms with Crippen LogP contribution in [0.25, 0.3) is 11.8 Å². The topological polar surface area (TPSA) is 57.2 Å². The minimum absolute atomic E-state index is 0.275. The van der Waals surface area contributed by atoms with E-state index in [9.17, 15) is 14.7 Å². The van der Waals surface area contributed by atoms with Crippen molar-refractivity contribution in [3.8, 4) is 0 Å². The lowest BCUT2D eigenvalue weighted by molar-refractivity contribution is -0.244. The number of carbonyl (C=O) groups excluding carboxylic acids is 2. The summed E-state index contributed by atoms with van der Waals surface area (Å²) in [5.41, 5.74) is 1.17. The van der Waals surface area contributed by atoms with Crippen molar-refractivity contribution >= 4 is 46.0 Å². The van der Waals surface area contributed by atoms with Crippen LogP contribution in [0, 0.1) is 3.57 Å². The summed E-state index contributed by atoms with van der Waals surface area (Å²) >= 11 is 2.19. The summed E-state index contributed by atoms with van der Waals surface area (Å²) in [6, 6.07) is 14.1. The van der Waals surface area contributed by atoms with Gasteiger partial charge in [0.05, 0.1) is 5.57 Å². The van der Waals surface area contributed by atoms with Crippen molar-refractivity contribution in [1.29, 1.82) is 0 Å². The van der Waals surface area contributed by atoms with Crippen LogP contribution in [0.4, 0.5) is 0 Å². The van der Waals surface area contributed by atoms with Gasteiger partial charge in [-0.2, -0.15) is 0 Å². The molecular weight excluding hydrogens is 391 g/mol. The Hall–Kier alpha value is -2.21. The molecule has 2 aromatic rings. The van der Waals surface area contributed by atoms with Crippen LogP contribution < -0.4 is 5.11 Å². The predicted octanol–water partition coefficient (Wildman–Crippen LogP) is 2.84. The predicted molar refractivity (Wildman–Crippen MR) is 90.9 cm³/mol. The molecule has 4 heteroatoms. The Balaban J connectivity index is 1.89. The summed E-state index contributed by atoms with van der Waals surface area (Å²) < 4.78 is 1.09. The van der Waals surface area contributed by atoms with Gasteiger partial charge in [0.15, 0.2) is 11.6 Å². The minimum atomic E-state index is -0.551. The zero-order valence-corrected chi connectivity index (χ0v) is 13.5.